The second kappa shape index (κ2) is 7.15. The molecule has 0 fully saturated rings. The van der Waals surface area contributed by atoms with Crippen molar-refractivity contribution >= 4 is 50.7 Å². The molecule has 0 aliphatic carbocycles. The molecule has 0 atom stereocenters. The molecule has 0 amide bonds. The van der Waals surface area contributed by atoms with Gasteiger partial charge in [-0.2, -0.15) is 0 Å². The van der Waals surface area contributed by atoms with E-state index in [2.05, 4.69) is 4.99 Å². The number of halogens is 1. The summed E-state index contributed by atoms with van der Waals surface area (Å²) in [6.45, 7) is 0.227. The van der Waals surface area contributed by atoms with Gasteiger partial charge in [-0.1, -0.05) is 47.6 Å². The zero-order valence-corrected chi connectivity index (χ0v) is 15.3. The fourth-order valence-corrected chi connectivity index (χ4v) is 4.49. The number of ether oxygens (including phenoxy) is 2. The van der Waals surface area contributed by atoms with Crippen LogP contribution in [0.3, 0.4) is 0 Å². The SMILES string of the molecule is O=C1SC(SCc2ccccc2Cl)=N/C1=C\c1ccc2c(c1)OCO2. The molecule has 0 aromatic heterocycles. The first-order valence-corrected chi connectivity index (χ1v) is 9.65. The highest BCUT2D eigenvalue weighted by Gasteiger charge is 2.23. The molecule has 0 N–H and O–H groups in total. The van der Waals surface area contributed by atoms with Gasteiger partial charge in [0.15, 0.2) is 11.5 Å². The van der Waals surface area contributed by atoms with Crippen LogP contribution in [0.15, 0.2) is 53.2 Å². The monoisotopic (exact) mass is 389 g/mol. The van der Waals surface area contributed by atoms with Crippen molar-refractivity contribution in [3.63, 3.8) is 0 Å². The molecule has 0 saturated heterocycles. The van der Waals surface area contributed by atoms with E-state index in [1.165, 1.54) is 11.8 Å². The molecule has 2 aliphatic heterocycles. The number of thioether (sulfide) groups is 2. The van der Waals surface area contributed by atoms with Gasteiger partial charge >= 0.3 is 0 Å². The predicted molar refractivity (Wildman–Crippen MR) is 103 cm³/mol. The minimum atomic E-state index is -0.0562. The fraction of sp³-hybridized carbons (Fsp3) is 0.111. The van der Waals surface area contributed by atoms with Gasteiger partial charge in [0.25, 0.3) is 0 Å². The molecule has 0 radical (unpaired) electrons. The Morgan fingerprint density at radius 2 is 2.04 bits per heavy atom. The Hall–Kier alpha value is -1.89. The summed E-state index contributed by atoms with van der Waals surface area (Å²) in [6, 6.07) is 13.2. The standard InChI is InChI=1S/C18H12ClNO3S2/c19-13-4-2-1-3-12(13)9-24-18-20-14(17(21)25-18)7-11-5-6-15-16(8-11)23-10-22-15/h1-8H,9-10H2/b14-7-. The molecule has 4 nitrogen and oxygen atoms in total. The lowest BCUT2D eigenvalue weighted by Crippen LogP contribution is -1.92. The number of carbonyl (C=O) groups excluding carboxylic acids is 1. The van der Waals surface area contributed by atoms with E-state index in [4.69, 9.17) is 21.1 Å². The van der Waals surface area contributed by atoms with Gasteiger partial charge in [-0.3, -0.25) is 4.79 Å². The largest absolute Gasteiger partial charge is 0.454 e. The second-order valence-corrected chi connectivity index (χ2v) is 7.88. The van der Waals surface area contributed by atoms with Crippen molar-refractivity contribution in [3.8, 4) is 11.5 Å². The summed E-state index contributed by atoms with van der Waals surface area (Å²) in [4.78, 5) is 16.6. The number of nitrogens with zero attached hydrogens (tertiary/aromatic N) is 1. The van der Waals surface area contributed by atoms with Gasteiger partial charge < -0.3 is 9.47 Å². The van der Waals surface area contributed by atoms with Crippen molar-refractivity contribution < 1.29 is 14.3 Å². The molecule has 126 valence electrons. The molecule has 25 heavy (non-hydrogen) atoms. The third-order valence-corrected chi connectivity index (χ3v) is 6.04. The van der Waals surface area contributed by atoms with Crippen LogP contribution in [0.1, 0.15) is 11.1 Å². The third-order valence-electron chi connectivity index (χ3n) is 3.61. The quantitative estimate of drug-likeness (QED) is 0.693. The lowest BCUT2D eigenvalue weighted by atomic mass is 10.2. The zero-order valence-electron chi connectivity index (χ0n) is 12.9. The Kier molecular flexibility index (Phi) is 4.74. The van der Waals surface area contributed by atoms with Crippen LogP contribution in [-0.4, -0.2) is 16.3 Å². The number of carbonyl (C=O) groups is 1. The smallest absolute Gasteiger partial charge is 0.244 e. The summed E-state index contributed by atoms with van der Waals surface area (Å²) >= 11 is 8.82. The van der Waals surface area contributed by atoms with Crippen molar-refractivity contribution in [3.05, 3.63) is 64.3 Å². The van der Waals surface area contributed by atoms with Crippen molar-refractivity contribution in [1.82, 2.24) is 0 Å². The molecule has 7 heteroatoms. The number of rotatable bonds is 3. The summed E-state index contributed by atoms with van der Waals surface area (Å²) in [7, 11) is 0. The molecular formula is C18H12ClNO3S2. The van der Waals surface area contributed by atoms with Crippen LogP contribution in [-0.2, 0) is 10.5 Å². The molecular weight excluding hydrogens is 378 g/mol. The normalized spacial score (nSPS) is 17.2. The number of fused-ring (bicyclic) bond motifs is 1. The van der Waals surface area contributed by atoms with Gasteiger partial charge in [0, 0.05) is 10.8 Å². The van der Waals surface area contributed by atoms with Crippen molar-refractivity contribution in [2.75, 3.05) is 6.79 Å². The van der Waals surface area contributed by atoms with E-state index in [9.17, 15) is 4.79 Å². The molecule has 0 spiro atoms. The summed E-state index contributed by atoms with van der Waals surface area (Å²) in [5, 5.41) is 0.667. The molecule has 2 aromatic carbocycles. The highest BCUT2D eigenvalue weighted by Crippen LogP contribution is 2.36. The van der Waals surface area contributed by atoms with Crippen LogP contribution in [0.5, 0.6) is 11.5 Å². The van der Waals surface area contributed by atoms with E-state index < -0.39 is 0 Å². The van der Waals surface area contributed by atoms with E-state index in [1.54, 1.807) is 6.08 Å². The van der Waals surface area contributed by atoms with Crippen LogP contribution < -0.4 is 9.47 Å². The number of hydrogen-bond acceptors (Lipinski definition) is 6. The van der Waals surface area contributed by atoms with Crippen molar-refractivity contribution in [2.24, 2.45) is 4.99 Å². The maximum atomic E-state index is 12.2. The number of hydrogen-bond donors (Lipinski definition) is 0. The molecule has 2 heterocycles. The summed E-state index contributed by atoms with van der Waals surface area (Å²) in [6.07, 6.45) is 1.76. The number of aliphatic imine (C=N–C) groups is 1. The topological polar surface area (TPSA) is 47.9 Å². The Balaban J connectivity index is 1.49. The van der Waals surface area contributed by atoms with Gasteiger partial charge in [-0.05, 0) is 47.2 Å². The van der Waals surface area contributed by atoms with E-state index in [-0.39, 0.29) is 11.9 Å². The Morgan fingerprint density at radius 1 is 1.20 bits per heavy atom. The molecule has 2 aliphatic rings. The van der Waals surface area contributed by atoms with E-state index in [1.807, 2.05) is 42.5 Å². The van der Waals surface area contributed by atoms with Gasteiger partial charge in [-0.25, -0.2) is 4.99 Å². The first-order valence-electron chi connectivity index (χ1n) is 7.47. The molecule has 0 saturated carbocycles. The van der Waals surface area contributed by atoms with Crippen LogP contribution in [0.25, 0.3) is 6.08 Å². The van der Waals surface area contributed by atoms with Gasteiger partial charge in [0.05, 0.1) is 0 Å². The lowest BCUT2D eigenvalue weighted by molar-refractivity contribution is -0.107. The van der Waals surface area contributed by atoms with Crippen molar-refractivity contribution in [2.45, 2.75) is 5.75 Å². The van der Waals surface area contributed by atoms with Crippen molar-refractivity contribution in [1.29, 1.82) is 0 Å². The maximum absolute atomic E-state index is 12.2. The highest BCUT2D eigenvalue weighted by atomic mass is 35.5. The maximum Gasteiger partial charge on any atom is 0.244 e. The Morgan fingerprint density at radius 3 is 2.92 bits per heavy atom. The summed E-state index contributed by atoms with van der Waals surface area (Å²) < 4.78 is 11.4. The average Bonchev–Trinajstić information content (AvgIpc) is 3.21. The zero-order chi connectivity index (χ0) is 17.2. The van der Waals surface area contributed by atoms with Crippen LogP contribution >= 0.6 is 35.1 Å². The van der Waals surface area contributed by atoms with Crippen LogP contribution in [0, 0.1) is 0 Å². The fourth-order valence-electron chi connectivity index (χ4n) is 2.37. The first-order chi connectivity index (χ1) is 12.2. The Labute approximate surface area is 158 Å². The average molecular weight is 390 g/mol. The minimum Gasteiger partial charge on any atom is -0.454 e. The second-order valence-electron chi connectivity index (χ2n) is 5.29. The summed E-state index contributed by atoms with van der Waals surface area (Å²) in [5.74, 6) is 2.08. The van der Waals surface area contributed by atoms with Gasteiger partial charge in [0.1, 0.15) is 10.1 Å². The molecule has 2 aromatic rings. The van der Waals surface area contributed by atoms with E-state index in [0.717, 1.165) is 32.3 Å². The highest BCUT2D eigenvalue weighted by molar-refractivity contribution is 8.45. The lowest BCUT2D eigenvalue weighted by Gasteiger charge is -2.02. The van der Waals surface area contributed by atoms with E-state index in [0.29, 0.717) is 22.9 Å². The van der Waals surface area contributed by atoms with Crippen LogP contribution in [0.4, 0.5) is 0 Å². The number of benzene rings is 2. The third kappa shape index (κ3) is 3.71. The van der Waals surface area contributed by atoms with Gasteiger partial charge in [-0.15, -0.1) is 0 Å². The minimum absolute atomic E-state index is 0.0562. The van der Waals surface area contributed by atoms with Crippen LogP contribution in [0.2, 0.25) is 5.02 Å². The molecule has 4 rings (SSSR count). The Bertz CT molecular complexity index is 911. The summed E-state index contributed by atoms with van der Waals surface area (Å²) in [5.41, 5.74) is 2.32. The molecule has 0 bridgehead atoms. The van der Waals surface area contributed by atoms with Gasteiger partial charge in [0.2, 0.25) is 11.9 Å². The predicted octanol–water partition coefficient (Wildman–Crippen LogP) is 4.97. The first kappa shape index (κ1) is 16.6. The molecule has 0 unspecified atom stereocenters. The van der Waals surface area contributed by atoms with E-state index >= 15 is 0 Å².